The molecule has 0 saturated heterocycles. The van der Waals surface area contributed by atoms with Crippen molar-refractivity contribution in [1.29, 1.82) is 5.26 Å². The van der Waals surface area contributed by atoms with Crippen molar-refractivity contribution >= 4 is 28.9 Å². The molecule has 0 amide bonds. The van der Waals surface area contributed by atoms with Gasteiger partial charge in [-0.05, 0) is 6.07 Å². The minimum Gasteiger partial charge on any atom is -0.396 e. The number of nitriles is 1. The van der Waals surface area contributed by atoms with Crippen molar-refractivity contribution < 1.29 is 4.39 Å². The van der Waals surface area contributed by atoms with E-state index in [1.807, 2.05) is 0 Å². The van der Waals surface area contributed by atoms with E-state index < -0.39 is 5.82 Å². The van der Waals surface area contributed by atoms with Crippen LogP contribution in [0.4, 0.5) is 10.1 Å². The summed E-state index contributed by atoms with van der Waals surface area (Å²) in [4.78, 5) is 0. The predicted octanol–water partition coefficient (Wildman–Crippen LogP) is 2.59. The van der Waals surface area contributed by atoms with Gasteiger partial charge in [-0.25, -0.2) is 4.39 Å². The van der Waals surface area contributed by atoms with Gasteiger partial charge in [0, 0.05) is 0 Å². The number of benzene rings is 1. The summed E-state index contributed by atoms with van der Waals surface area (Å²) >= 11 is 10.9. The Kier molecular flexibility index (Phi) is 2.41. The molecule has 0 saturated carbocycles. The summed E-state index contributed by atoms with van der Waals surface area (Å²) in [7, 11) is 0. The Bertz CT molecular complexity index is 344. The Labute approximate surface area is 78.3 Å². The van der Waals surface area contributed by atoms with Crippen molar-refractivity contribution in [3.8, 4) is 6.07 Å². The fraction of sp³-hybridized carbons (Fsp3) is 0. The fourth-order valence-electron chi connectivity index (χ4n) is 0.719. The van der Waals surface area contributed by atoms with Gasteiger partial charge in [0.2, 0.25) is 0 Å². The van der Waals surface area contributed by atoms with Crippen LogP contribution in [0.5, 0.6) is 0 Å². The number of hydrogen-bond donors (Lipinski definition) is 1. The van der Waals surface area contributed by atoms with Gasteiger partial charge in [-0.3, -0.25) is 0 Å². The van der Waals surface area contributed by atoms with Crippen molar-refractivity contribution in [3.63, 3.8) is 0 Å². The summed E-state index contributed by atoms with van der Waals surface area (Å²) in [5.74, 6) is -0.832. The van der Waals surface area contributed by atoms with E-state index in [9.17, 15) is 4.39 Å². The van der Waals surface area contributed by atoms with E-state index in [1.54, 1.807) is 6.07 Å². The van der Waals surface area contributed by atoms with E-state index in [0.29, 0.717) is 0 Å². The van der Waals surface area contributed by atoms with Gasteiger partial charge in [0.05, 0.1) is 15.7 Å². The molecular weight excluding hydrogens is 202 g/mol. The van der Waals surface area contributed by atoms with Gasteiger partial charge < -0.3 is 5.73 Å². The third-order valence-electron chi connectivity index (χ3n) is 1.32. The lowest BCUT2D eigenvalue weighted by molar-refractivity contribution is 0.625. The standard InChI is InChI=1S/C7H3Cl2FN2/c8-4-1-5(9)7(12)3(2-11)6(4)10/h1H,12H2. The molecule has 1 rings (SSSR count). The molecule has 12 heavy (non-hydrogen) atoms. The van der Waals surface area contributed by atoms with Crippen molar-refractivity contribution in [2.75, 3.05) is 5.73 Å². The Balaban J connectivity index is 3.56. The van der Waals surface area contributed by atoms with Crippen LogP contribution in [0.1, 0.15) is 5.56 Å². The van der Waals surface area contributed by atoms with Crippen molar-refractivity contribution in [2.45, 2.75) is 0 Å². The summed E-state index contributed by atoms with van der Waals surface area (Å²) in [6.07, 6.45) is 0. The third-order valence-corrected chi connectivity index (χ3v) is 1.91. The van der Waals surface area contributed by atoms with Gasteiger partial charge >= 0.3 is 0 Å². The molecule has 0 heterocycles. The summed E-state index contributed by atoms with van der Waals surface area (Å²) < 4.78 is 12.9. The summed E-state index contributed by atoms with van der Waals surface area (Å²) in [5.41, 5.74) is 4.91. The van der Waals surface area contributed by atoms with Crippen LogP contribution in [-0.4, -0.2) is 0 Å². The first-order chi connectivity index (χ1) is 5.57. The average molecular weight is 205 g/mol. The van der Waals surface area contributed by atoms with Gasteiger partial charge in [-0.2, -0.15) is 5.26 Å². The van der Waals surface area contributed by atoms with Crippen LogP contribution in [0.25, 0.3) is 0 Å². The van der Waals surface area contributed by atoms with E-state index in [1.165, 1.54) is 0 Å². The molecule has 0 bridgehead atoms. The first kappa shape index (κ1) is 9.11. The van der Waals surface area contributed by atoms with Gasteiger partial charge in [0.25, 0.3) is 0 Å². The number of nitrogen functional groups attached to an aromatic ring is 1. The lowest BCUT2D eigenvalue weighted by Crippen LogP contribution is -1.95. The molecule has 62 valence electrons. The molecule has 1 aromatic carbocycles. The molecule has 0 aliphatic heterocycles. The molecule has 5 heteroatoms. The summed E-state index contributed by atoms with van der Waals surface area (Å²) in [5, 5.41) is 8.34. The van der Waals surface area contributed by atoms with Crippen LogP contribution < -0.4 is 5.73 Å². The number of anilines is 1. The molecule has 0 unspecified atom stereocenters. The number of nitrogens with zero attached hydrogens (tertiary/aromatic N) is 1. The van der Waals surface area contributed by atoms with Crippen LogP contribution in [0.3, 0.4) is 0 Å². The number of rotatable bonds is 0. The number of hydrogen-bond acceptors (Lipinski definition) is 2. The largest absolute Gasteiger partial charge is 0.396 e. The minimum absolute atomic E-state index is 0.0814. The number of halogens is 3. The molecule has 0 aromatic heterocycles. The van der Waals surface area contributed by atoms with Crippen LogP contribution in [-0.2, 0) is 0 Å². The molecule has 0 spiro atoms. The van der Waals surface area contributed by atoms with E-state index in [4.69, 9.17) is 34.2 Å². The topological polar surface area (TPSA) is 49.8 Å². The highest BCUT2D eigenvalue weighted by molar-refractivity contribution is 6.36. The second-order valence-electron chi connectivity index (χ2n) is 2.05. The molecule has 0 fully saturated rings. The van der Waals surface area contributed by atoms with E-state index in [-0.39, 0.29) is 21.3 Å². The molecular formula is C7H3Cl2FN2. The highest BCUT2D eigenvalue weighted by Gasteiger charge is 2.13. The highest BCUT2D eigenvalue weighted by Crippen LogP contribution is 2.30. The summed E-state index contributed by atoms with van der Waals surface area (Å²) in [6.45, 7) is 0. The van der Waals surface area contributed by atoms with Crippen molar-refractivity contribution in [1.82, 2.24) is 0 Å². The zero-order valence-electron chi connectivity index (χ0n) is 5.74. The highest BCUT2D eigenvalue weighted by atomic mass is 35.5. The monoisotopic (exact) mass is 204 g/mol. The lowest BCUT2D eigenvalue weighted by Gasteiger charge is -2.02. The minimum atomic E-state index is -0.832. The third kappa shape index (κ3) is 1.31. The maximum Gasteiger partial charge on any atom is 0.161 e. The van der Waals surface area contributed by atoms with Crippen molar-refractivity contribution in [2.24, 2.45) is 0 Å². The van der Waals surface area contributed by atoms with Crippen LogP contribution in [0.15, 0.2) is 6.07 Å². The van der Waals surface area contributed by atoms with Crippen LogP contribution >= 0.6 is 23.2 Å². The quantitative estimate of drug-likeness (QED) is 0.522. The van der Waals surface area contributed by atoms with E-state index >= 15 is 0 Å². The smallest absolute Gasteiger partial charge is 0.161 e. The first-order valence-electron chi connectivity index (χ1n) is 2.91. The average Bonchev–Trinajstić information content (AvgIpc) is 2.02. The van der Waals surface area contributed by atoms with Crippen LogP contribution in [0, 0.1) is 17.1 Å². The Morgan fingerprint density at radius 2 is 2.00 bits per heavy atom. The Morgan fingerprint density at radius 3 is 2.50 bits per heavy atom. The van der Waals surface area contributed by atoms with Gasteiger partial charge in [-0.1, -0.05) is 23.2 Å². The Morgan fingerprint density at radius 1 is 1.42 bits per heavy atom. The fourth-order valence-corrected chi connectivity index (χ4v) is 1.18. The second-order valence-corrected chi connectivity index (χ2v) is 2.87. The van der Waals surface area contributed by atoms with Crippen LogP contribution in [0.2, 0.25) is 10.0 Å². The maximum absolute atomic E-state index is 12.9. The maximum atomic E-state index is 12.9. The normalized spacial score (nSPS) is 9.50. The van der Waals surface area contributed by atoms with E-state index in [2.05, 4.69) is 0 Å². The molecule has 0 aliphatic rings. The number of nitrogens with two attached hydrogens (primary N) is 1. The SMILES string of the molecule is N#Cc1c(N)c(Cl)cc(Cl)c1F. The lowest BCUT2D eigenvalue weighted by atomic mass is 10.2. The zero-order chi connectivity index (χ0) is 9.30. The molecule has 0 atom stereocenters. The molecule has 1 aromatic rings. The molecule has 2 nitrogen and oxygen atoms in total. The second kappa shape index (κ2) is 3.18. The van der Waals surface area contributed by atoms with Gasteiger partial charge in [-0.15, -0.1) is 0 Å². The van der Waals surface area contributed by atoms with Gasteiger partial charge in [0.15, 0.2) is 5.82 Å². The Hall–Kier alpha value is -0.980. The zero-order valence-corrected chi connectivity index (χ0v) is 7.25. The molecule has 2 N–H and O–H groups in total. The van der Waals surface area contributed by atoms with Gasteiger partial charge in [0.1, 0.15) is 11.6 Å². The summed E-state index contributed by atoms with van der Waals surface area (Å²) in [6, 6.07) is 2.74. The molecule has 0 aliphatic carbocycles. The molecule has 0 radical (unpaired) electrons. The first-order valence-corrected chi connectivity index (χ1v) is 3.66. The van der Waals surface area contributed by atoms with Crippen molar-refractivity contribution in [3.05, 3.63) is 27.5 Å². The van der Waals surface area contributed by atoms with E-state index in [0.717, 1.165) is 6.07 Å². The predicted molar refractivity (Wildman–Crippen MR) is 45.5 cm³/mol.